The number of likely N-dealkylation sites (tertiary alicyclic amines) is 2. The Morgan fingerprint density at radius 3 is 2.72 bits per heavy atom. The molecular formula is C21H28N4O3S. The molecule has 7 nitrogen and oxygen atoms in total. The Balaban J connectivity index is 1.45. The van der Waals surface area contributed by atoms with Gasteiger partial charge in [-0.15, -0.1) is 11.3 Å². The highest BCUT2D eigenvalue weighted by atomic mass is 32.1. The van der Waals surface area contributed by atoms with E-state index in [0.29, 0.717) is 18.8 Å². The highest BCUT2D eigenvalue weighted by molar-refractivity contribution is 7.14. The summed E-state index contributed by atoms with van der Waals surface area (Å²) < 4.78 is 0. The van der Waals surface area contributed by atoms with E-state index in [1.165, 1.54) is 15.4 Å². The molecule has 0 aliphatic carbocycles. The Morgan fingerprint density at radius 2 is 2.07 bits per heavy atom. The Hall–Kier alpha value is -2.22. The number of rotatable bonds is 4. The number of carbonyl (C=O) groups is 3. The van der Waals surface area contributed by atoms with E-state index < -0.39 is 0 Å². The molecule has 3 amide bonds. The van der Waals surface area contributed by atoms with Gasteiger partial charge in [-0.1, -0.05) is 6.92 Å². The van der Waals surface area contributed by atoms with Crippen molar-refractivity contribution in [2.45, 2.75) is 57.9 Å². The molecule has 0 bridgehead atoms. The molecule has 0 saturated carbocycles. The van der Waals surface area contributed by atoms with E-state index in [9.17, 15) is 14.4 Å². The lowest BCUT2D eigenvalue weighted by Gasteiger charge is -2.35. The zero-order chi connectivity index (χ0) is 20.8. The number of nitrogens with zero attached hydrogens (tertiary/aromatic N) is 4. The molecule has 2 fully saturated rings. The summed E-state index contributed by atoms with van der Waals surface area (Å²) in [6.45, 7) is 6.17. The van der Waals surface area contributed by atoms with Gasteiger partial charge in [0.25, 0.3) is 5.91 Å². The van der Waals surface area contributed by atoms with E-state index in [4.69, 9.17) is 0 Å². The standard InChI is InChI=1S/C21H28N4O3S/c1-4-15-10-17(29-14(15)2)20(28)24-9-7-21(13-24)6-5-8-25(21)19(27)12-16-11-18(26)23(3)22-16/h10H,4-9,11-13H2,1-3H3. The molecule has 8 heteroatoms. The molecular weight excluding hydrogens is 388 g/mol. The molecule has 4 heterocycles. The summed E-state index contributed by atoms with van der Waals surface area (Å²) in [6, 6.07) is 2.02. The largest absolute Gasteiger partial charge is 0.336 e. The van der Waals surface area contributed by atoms with Gasteiger partial charge in [-0.3, -0.25) is 14.4 Å². The van der Waals surface area contributed by atoms with Crippen molar-refractivity contribution in [1.82, 2.24) is 14.8 Å². The normalized spacial score (nSPS) is 24.2. The van der Waals surface area contributed by atoms with Crippen LogP contribution in [-0.2, 0) is 16.0 Å². The van der Waals surface area contributed by atoms with E-state index in [0.717, 1.165) is 37.1 Å². The monoisotopic (exact) mass is 416 g/mol. The fourth-order valence-corrected chi connectivity index (χ4v) is 5.96. The zero-order valence-electron chi connectivity index (χ0n) is 17.4. The van der Waals surface area contributed by atoms with E-state index in [-0.39, 0.29) is 36.1 Å². The van der Waals surface area contributed by atoms with Gasteiger partial charge >= 0.3 is 0 Å². The topological polar surface area (TPSA) is 73.3 Å². The van der Waals surface area contributed by atoms with Crippen LogP contribution in [0.2, 0.25) is 0 Å². The highest BCUT2D eigenvalue weighted by Crippen LogP contribution is 2.39. The van der Waals surface area contributed by atoms with Crippen molar-refractivity contribution in [1.29, 1.82) is 0 Å². The molecule has 1 aromatic rings. The average molecular weight is 417 g/mol. The minimum atomic E-state index is -0.262. The molecule has 156 valence electrons. The van der Waals surface area contributed by atoms with E-state index in [1.807, 2.05) is 15.9 Å². The van der Waals surface area contributed by atoms with Crippen molar-refractivity contribution < 1.29 is 14.4 Å². The first-order valence-electron chi connectivity index (χ1n) is 10.3. The molecule has 2 saturated heterocycles. The van der Waals surface area contributed by atoms with E-state index in [2.05, 4.69) is 18.9 Å². The van der Waals surface area contributed by atoms with Gasteiger partial charge in [0.1, 0.15) is 0 Å². The smallest absolute Gasteiger partial charge is 0.264 e. The average Bonchev–Trinajstić information content (AvgIpc) is 3.44. The van der Waals surface area contributed by atoms with Gasteiger partial charge in [-0.05, 0) is 44.2 Å². The molecule has 3 aliphatic rings. The van der Waals surface area contributed by atoms with Crippen molar-refractivity contribution in [3.05, 3.63) is 21.4 Å². The Bertz CT molecular complexity index is 892. The van der Waals surface area contributed by atoms with Crippen LogP contribution in [0.5, 0.6) is 0 Å². The van der Waals surface area contributed by atoms with Crippen molar-refractivity contribution in [2.75, 3.05) is 26.7 Å². The molecule has 1 aromatic heterocycles. The lowest BCUT2D eigenvalue weighted by atomic mass is 9.94. The third-order valence-electron chi connectivity index (χ3n) is 6.49. The number of hydrazone groups is 1. The number of thiophene rings is 1. The molecule has 0 N–H and O–H groups in total. The first kappa shape index (κ1) is 20.1. The predicted molar refractivity (Wildman–Crippen MR) is 112 cm³/mol. The second kappa shape index (κ2) is 7.55. The van der Waals surface area contributed by atoms with Gasteiger partial charge in [0.2, 0.25) is 11.8 Å². The lowest BCUT2D eigenvalue weighted by molar-refractivity contribution is -0.133. The molecule has 0 radical (unpaired) electrons. The van der Waals surface area contributed by atoms with Crippen molar-refractivity contribution in [3.8, 4) is 0 Å². The lowest BCUT2D eigenvalue weighted by Crippen LogP contribution is -2.50. The maximum absolute atomic E-state index is 13.1. The maximum atomic E-state index is 13.1. The SMILES string of the molecule is CCc1cc(C(=O)N2CCC3(CCCN3C(=O)CC3=NN(C)C(=O)C3)C2)sc1C. The van der Waals surface area contributed by atoms with Crippen LogP contribution in [0, 0.1) is 6.92 Å². The summed E-state index contributed by atoms with van der Waals surface area (Å²) in [6.07, 6.45) is 4.06. The van der Waals surface area contributed by atoms with Crippen molar-refractivity contribution in [3.63, 3.8) is 0 Å². The Kier molecular flexibility index (Phi) is 5.23. The second-order valence-electron chi connectivity index (χ2n) is 8.33. The number of aryl methyl sites for hydroxylation is 2. The van der Waals surface area contributed by atoms with Gasteiger partial charge in [0.05, 0.1) is 29.0 Å². The first-order valence-corrected chi connectivity index (χ1v) is 11.2. The number of amides is 3. The number of hydrogen-bond donors (Lipinski definition) is 0. The minimum Gasteiger partial charge on any atom is -0.336 e. The van der Waals surface area contributed by atoms with Crippen LogP contribution in [0.4, 0.5) is 0 Å². The van der Waals surface area contributed by atoms with E-state index >= 15 is 0 Å². The van der Waals surface area contributed by atoms with Crippen molar-refractivity contribution >= 4 is 34.8 Å². The molecule has 1 atom stereocenters. The summed E-state index contributed by atoms with van der Waals surface area (Å²) >= 11 is 1.57. The maximum Gasteiger partial charge on any atom is 0.264 e. The predicted octanol–water partition coefficient (Wildman–Crippen LogP) is 2.43. The first-order chi connectivity index (χ1) is 13.8. The molecule has 3 aliphatic heterocycles. The third kappa shape index (κ3) is 3.58. The summed E-state index contributed by atoms with van der Waals surface area (Å²) in [7, 11) is 1.62. The fourth-order valence-electron chi connectivity index (χ4n) is 4.87. The number of hydrogen-bond acceptors (Lipinski definition) is 5. The molecule has 0 aromatic carbocycles. The summed E-state index contributed by atoms with van der Waals surface area (Å²) in [5.74, 6) is 0.0412. The van der Waals surface area contributed by atoms with Crippen LogP contribution < -0.4 is 0 Å². The van der Waals surface area contributed by atoms with Crippen LogP contribution in [0.15, 0.2) is 11.2 Å². The summed E-state index contributed by atoms with van der Waals surface area (Å²) in [5, 5.41) is 5.50. The quantitative estimate of drug-likeness (QED) is 0.757. The van der Waals surface area contributed by atoms with Gasteiger partial charge in [0, 0.05) is 31.6 Å². The van der Waals surface area contributed by atoms with Crippen LogP contribution >= 0.6 is 11.3 Å². The van der Waals surface area contributed by atoms with Crippen LogP contribution in [-0.4, -0.2) is 70.5 Å². The summed E-state index contributed by atoms with van der Waals surface area (Å²) in [5.41, 5.74) is 1.61. The summed E-state index contributed by atoms with van der Waals surface area (Å²) in [4.78, 5) is 43.7. The Morgan fingerprint density at radius 1 is 1.28 bits per heavy atom. The fraction of sp³-hybridized carbons (Fsp3) is 0.619. The zero-order valence-corrected chi connectivity index (χ0v) is 18.2. The van der Waals surface area contributed by atoms with Gasteiger partial charge in [-0.2, -0.15) is 5.10 Å². The van der Waals surface area contributed by atoms with Crippen LogP contribution in [0.1, 0.15) is 59.1 Å². The minimum absolute atomic E-state index is 0.0267. The highest BCUT2D eigenvalue weighted by Gasteiger charge is 2.49. The van der Waals surface area contributed by atoms with Crippen LogP contribution in [0.3, 0.4) is 0 Å². The second-order valence-corrected chi connectivity index (χ2v) is 9.59. The van der Waals surface area contributed by atoms with E-state index in [1.54, 1.807) is 18.4 Å². The Labute approximate surface area is 175 Å². The van der Waals surface area contributed by atoms with Crippen molar-refractivity contribution in [2.24, 2.45) is 5.10 Å². The molecule has 1 spiro atoms. The molecule has 29 heavy (non-hydrogen) atoms. The number of carbonyl (C=O) groups excluding carboxylic acids is 3. The molecule has 4 rings (SSSR count). The van der Waals surface area contributed by atoms with Gasteiger partial charge < -0.3 is 9.80 Å². The van der Waals surface area contributed by atoms with Crippen LogP contribution in [0.25, 0.3) is 0 Å². The van der Waals surface area contributed by atoms with Gasteiger partial charge in [0.15, 0.2) is 0 Å². The molecule has 1 unspecified atom stereocenters. The third-order valence-corrected chi connectivity index (χ3v) is 7.57. The van der Waals surface area contributed by atoms with Gasteiger partial charge in [-0.25, -0.2) is 5.01 Å².